The highest BCUT2D eigenvalue weighted by Gasteiger charge is 2.21. The van der Waals surface area contributed by atoms with Gasteiger partial charge in [0.1, 0.15) is 0 Å². The number of nitrogens with one attached hydrogen (secondary N) is 1. The zero-order valence-electron chi connectivity index (χ0n) is 12.0. The molecular formula is C15H30N2O. The molecule has 3 heteroatoms. The van der Waals surface area contributed by atoms with E-state index in [9.17, 15) is 0 Å². The molecule has 1 heterocycles. The van der Waals surface area contributed by atoms with Crippen LogP contribution in [0.15, 0.2) is 0 Å². The summed E-state index contributed by atoms with van der Waals surface area (Å²) in [7, 11) is 1.81. The van der Waals surface area contributed by atoms with E-state index in [1.165, 1.54) is 64.7 Å². The lowest BCUT2D eigenvalue weighted by Crippen LogP contribution is -2.33. The molecule has 0 aromatic heterocycles. The Morgan fingerprint density at radius 2 is 1.94 bits per heavy atom. The van der Waals surface area contributed by atoms with Gasteiger partial charge in [-0.3, -0.25) is 0 Å². The molecule has 0 aromatic carbocycles. The van der Waals surface area contributed by atoms with Crippen molar-refractivity contribution in [3.63, 3.8) is 0 Å². The molecule has 1 saturated carbocycles. The lowest BCUT2D eigenvalue weighted by atomic mass is 9.89. The molecule has 2 rings (SSSR count). The predicted octanol–water partition coefficient (Wildman–Crippen LogP) is 2.12. The molecule has 1 N–H and O–H groups in total. The van der Waals surface area contributed by atoms with Crippen LogP contribution in [0.1, 0.15) is 38.5 Å². The van der Waals surface area contributed by atoms with Gasteiger partial charge in [0.25, 0.3) is 0 Å². The summed E-state index contributed by atoms with van der Waals surface area (Å²) in [5.74, 6) is 1.73. The van der Waals surface area contributed by atoms with Crippen molar-refractivity contribution < 1.29 is 4.74 Å². The Bertz CT molecular complexity index is 217. The lowest BCUT2D eigenvalue weighted by molar-refractivity contribution is 0.153. The minimum Gasteiger partial charge on any atom is -0.384 e. The second-order valence-electron chi connectivity index (χ2n) is 6.12. The van der Waals surface area contributed by atoms with Crippen molar-refractivity contribution in [3.8, 4) is 0 Å². The van der Waals surface area contributed by atoms with Crippen LogP contribution >= 0.6 is 0 Å². The first-order valence-electron chi connectivity index (χ1n) is 7.80. The maximum Gasteiger partial charge on any atom is 0.0503 e. The third kappa shape index (κ3) is 4.87. The molecular weight excluding hydrogens is 224 g/mol. The average molecular weight is 254 g/mol. The van der Waals surface area contributed by atoms with Crippen LogP contribution in [0, 0.1) is 11.8 Å². The number of hydrogen-bond donors (Lipinski definition) is 1. The Balaban J connectivity index is 1.48. The highest BCUT2D eigenvalue weighted by molar-refractivity contribution is 4.76. The quantitative estimate of drug-likeness (QED) is 0.704. The molecule has 0 spiro atoms. The predicted molar refractivity (Wildman–Crippen MR) is 75.9 cm³/mol. The molecule has 0 radical (unpaired) electrons. The second-order valence-corrected chi connectivity index (χ2v) is 6.12. The number of methoxy groups -OCH3 is 1. The minimum absolute atomic E-state index is 0.772. The number of hydrogen-bond acceptors (Lipinski definition) is 3. The normalized spacial score (nSPS) is 26.8. The number of likely N-dealkylation sites (tertiary alicyclic amines) is 1. The van der Waals surface area contributed by atoms with Gasteiger partial charge >= 0.3 is 0 Å². The van der Waals surface area contributed by atoms with Crippen molar-refractivity contribution in [3.05, 3.63) is 0 Å². The standard InChI is InChI=1S/C15H30N2O/c1-18-13-15-7-9-17(12-15)10-8-16-11-14-5-3-2-4-6-14/h14-16H,2-13H2,1H3. The van der Waals surface area contributed by atoms with E-state index in [2.05, 4.69) is 10.2 Å². The number of rotatable bonds is 7. The van der Waals surface area contributed by atoms with Crippen molar-refractivity contribution in [2.45, 2.75) is 38.5 Å². The van der Waals surface area contributed by atoms with Gasteiger partial charge in [-0.1, -0.05) is 19.3 Å². The molecule has 1 saturated heterocycles. The summed E-state index contributed by atoms with van der Waals surface area (Å²) < 4.78 is 5.24. The Kier molecular flexibility index (Phi) is 6.46. The molecule has 0 bridgehead atoms. The first-order valence-corrected chi connectivity index (χ1v) is 7.80. The first-order chi connectivity index (χ1) is 8.88. The summed E-state index contributed by atoms with van der Waals surface area (Å²) in [6.45, 7) is 7.06. The monoisotopic (exact) mass is 254 g/mol. The largest absolute Gasteiger partial charge is 0.384 e. The SMILES string of the molecule is COCC1CCN(CCNCC2CCCCC2)C1. The Morgan fingerprint density at radius 1 is 1.11 bits per heavy atom. The molecule has 18 heavy (non-hydrogen) atoms. The van der Waals surface area contributed by atoms with Gasteiger partial charge in [-0.15, -0.1) is 0 Å². The van der Waals surface area contributed by atoms with Crippen LogP contribution in [0.4, 0.5) is 0 Å². The van der Waals surface area contributed by atoms with Crippen LogP contribution in [0.25, 0.3) is 0 Å². The highest BCUT2D eigenvalue weighted by Crippen LogP contribution is 2.22. The van der Waals surface area contributed by atoms with Crippen molar-refractivity contribution in [1.82, 2.24) is 10.2 Å². The maximum atomic E-state index is 5.24. The van der Waals surface area contributed by atoms with E-state index in [-0.39, 0.29) is 0 Å². The summed E-state index contributed by atoms with van der Waals surface area (Å²) in [6.07, 6.45) is 8.59. The summed E-state index contributed by atoms with van der Waals surface area (Å²) in [5, 5.41) is 3.66. The van der Waals surface area contributed by atoms with Gasteiger partial charge in [0, 0.05) is 26.7 Å². The zero-order valence-corrected chi connectivity index (χ0v) is 12.0. The van der Waals surface area contributed by atoms with Gasteiger partial charge in [0.15, 0.2) is 0 Å². The fraction of sp³-hybridized carbons (Fsp3) is 1.00. The van der Waals surface area contributed by atoms with Crippen molar-refractivity contribution in [2.75, 3.05) is 46.4 Å². The van der Waals surface area contributed by atoms with Crippen LogP contribution in [0.2, 0.25) is 0 Å². The van der Waals surface area contributed by atoms with E-state index in [1.54, 1.807) is 0 Å². The van der Waals surface area contributed by atoms with Crippen LogP contribution in [0.3, 0.4) is 0 Å². The highest BCUT2D eigenvalue weighted by atomic mass is 16.5. The van der Waals surface area contributed by atoms with E-state index >= 15 is 0 Å². The molecule has 0 aromatic rings. The molecule has 0 amide bonds. The Labute approximate surface area is 112 Å². The van der Waals surface area contributed by atoms with Crippen LogP contribution in [0.5, 0.6) is 0 Å². The van der Waals surface area contributed by atoms with Crippen molar-refractivity contribution in [1.29, 1.82) is 0 Å². The minimum atomic E-state index is 0.772. The van der Waals surface area contributed by atoms with E-state index in [0.717, 1.165) is 25.0 Å². The summed E-state index contributed by atoms with van der Waals surface area (Å²) in [6, 6.07) is 0. The van der Waals surface area contributed by atoms with Gasteiger partial charge in [0.2, 0.25) is 0 Å². The van der Waals surface area contributed by atoms with E-state index in [1.807, 2.05) is 7.11 Å². The van der Waals surface area contributed by atoms with E-state index < -0.39 is 0 Å². The molecule has 3 nitrogen and oxygen atoms in total. The molecule has 2 fully saturated rings. The topological polar surface area (TPSA) is 24.5 Å². The molecule has 2 aliphatic rings. The van der Waals surface area contributed by atoms with Crippen LogP contribution in [-0.2, 0) is 4.74 Å². The Morgan fingerprint density at radius 3 is 2.72 bits per heavy atom. The molecule has 1 atom stereocenters. The van der Waals surface area contributed by atoms with Gasteiger partial charge in [-0.2, -0.15) is 0 Å². The Hall–Kier alpha value is -0.120. The summed E-state index contributed by atoms with van der Waals surface area (Å²) in [5.41, 5.74) is 0. The fourth-order valence-corrected chi connectivity index (χ4v) is 3.42. The van der Waals surface area contributed by atoms with E-state index in [0.29, 0.717) is 0 Å². The van der Waals surface area contributed by atoms with Gasteiger partial charge < -0.3 is 15.0 Å². The first kappa shape index (κ1) is 14.3. The van der Waals surface area contributed by atoms with Gasteiger partial charge in [0.05, 0.1) is 6.61 Å². The maximum absolute atomic E-state index is 5.24. The molecule has 1 aliphatic carbocycles. The molecule has 106 valence electrons. The lowest BCUT2D eigenvalue weighted by Gasteiger charge is -2.22. The smallest absolute Gasteiger partial charge is 0.0503 e. The van der Waals surface area contributed by atoms with Crippen LogP contribution < -0.4 is 5.32 Å². The third-order valence-corrected chi connectivity index (χ3v) is 4.53. The third-order valence-electron chi connectivity index (χ3n) is 4.53. The molecule has 1 unspecified atom stereocenters. The van der Waals surface area contributed by atoms with Gasteiger partial charge in [-0.05, 0) is 44.2 Å². The second kappa shape index (κ2) is 8.13. The number of nitrogens with zero attached hydrogens (tertiary/aromatic N) is 1. The number of ether oxygens (including phenoxy) is 1. The van der Waals surface area contributed by atoms with Crippen LogP contribution in [-0.4, -0.2) is 51.3 Å². The summed E-state index contributed by atoms with van der Waals surface area (Å²) in [4.78, 5) is 2.58. The van der Waals surface area contributed by atoms with Crippen molar-refractivity contribution in [2.24, 2.45) is 11.8 Å². The van der Waals surface area contributed by atoms with E-state index in [4.69, 9.17) is 4.74 Å². The molecule has 1 aliphatic heterocycles. The zero-order chi connectivity index (χ0) is 12.6. The summed E-state index contributed by atoms with van der Waals surface area (Å²) >= 11 is 0. The van der Waals surface area contributed by atoms with Crippen molar-refractivity contribution >= 4 is 0 Å². The van der Waals surface area contributed by atoms with Gasteiger partial charge in [-0.25, -0.2) is 0 Å². The average Bonchev–Trinajstić information content (AvgIpc) is 2.84. The fourth-order valence-electron chi connectivity index (χ4n) is 3.42.